The van der Waals surface area contributed by atoms with Crippen LogP contribution in [0, 0.1) is 11.3 Å². The molecule has 0 saturated carbocycles. The molecule has 80 valence electrons. The number of rotatable bonds is 8. The average molecular weight is 194 g/mol. The molecule has 0 heterocycles. The van der Waals surface area contributed by atoms with Gasteiger partial charge in [-0.3, -0.25) is 4.90 Å². The predicted molar refractivity (Wildman–Crippen MR) is 61.0 cm³/mol. The molecule has 2 nitrogen and oxygen atoms in total. The third-order valence-corrected chi connectivity index (χ3v) is 2.30. The van der Waals surface area contributed by atoms with Gasteiger partial charge in [0, 0.05) is 6.04 Å². The van der Waals surface area contributed by atoms with Crippen molar-refractivity contribution >= 4 is 0 Å². The molecule has 0 fully saturated rings. The maximum absolute atomic E-state index is 8.74. The van der Waals surface area contributed by atoms with Crippen molar-refractivity contribution in [2.24, 2.45) is 0 Å². The van der Waals surface area contributed by atoms with Crippen molar-refractivity contribution in [1.29, 1.82) is 5.26 Å². The molecule has 0 aliphatic heterocycles. The Hall–Kier alpha value is -0.810. The summed E-state index contributed by atoms with van der Waals surface area (Å²) in [6, 6.07) is 2.63. The van der Waals surface area contributed by atoms with Crippen molar-refractivity contribution < 1.29 is 0 Å². The monoisotopic (exact) mass is 194 g/mol. The molecule has 0 N–H and O–H groups in total. The molecule has 0 bridgehead atoms. The summed E-state index contributed by atoms with van der Waals surface area (Å²) in [4.78, 5) is 2.41. The first kappa shape index (κ1) is 13.2. The van der Waals surface area contributed by atoms with Gasteiger partial charge in [-0.05, 0) is 32.4 Å². The van der Waals surface area contributed by atoms with Gasteiger partial charge in [0.2, 0.25) is 0 Å². The van der Waals surface area contributed by atoms with E-state index in [1.807, 2.05) is 6.08 Å². The van der Waals surface area contributed by atoms with Crippen LogP contribution in [0.2, 0.25) is 0 Å². The Labute approximate surface area is 88.2 Å². The van der Waals surface area contributed by atoms with E-state index in [2.05, 4.69) is 31.4 Å². The van der Waals surface area contributed by atoms with Gasteiger partial charge in [-0.15, -0.1) is 6.58 Å². The van der Waals surface area contributed by atoms with Crippen LogP contribution < -0.4 is 0 Å². The van der Waals surface area contributed by atoms with E-state index >= 15 is 0 Å². The normalized spacial score (nSPS) is 12.4. The van der Waals surface area contributed by atoms with Crippen molar-refractivity contribution in [2.75, 3.05) is 13.1 Å². The van der Waals surface area contributed by atoms with Crippen LogP contribution in [0.25, 0.3) is 0 Å². The molecule has 0 saturated heterocycles. The van der Waals surface area contributed by atoms with Gasteiger partial charge in [-0.2, -0.15) is 5.26 Å². The third-order valence-electron chi connectivity index (χ3n) is 2.30. The van der Waals surface area contributed by atoms with Crippen LogP contribution in [-0.2, 0) is 0 Å². The first-order chi connectivity index (χ1) is 6.79. The van der Waals surface area contributed by atoms with E-state index in [4.69, 9.17) is 5.26 Å². The lowest BCUT2D eigenvalue weighted by atomic mass is 10.1. The second-order valence-corrected chi connectivity index (χ2v) is 3.58. The Morgan fingerprint density at radius 3 is 2.29 bits per heavy atom. The van der Waals surface area contributed by atoms with Crippen molar-refractivity contribution in [3.63, 3.8) is 0 Å². The molecule has 0 aromatic carbocycles. The highest BCUT2D eigenvalue weighted by Gasteiger charge is 2.14. The molecule has 14 heavy (non-hydrogen) atoms. The van der Waals surface area contributed by atoms with Crippen molar-refractivity contribution in [3.8, 4) is 6.07 Å². The Bertz CT molecular complexity index is 175. The number of nitrogens with zero attached hydrogens (tertiary/aromatic N) is 2. The molecule has 0 aliphatic rings. The third kappa shape index (κ3) is 5.04. The summed E-state index contributed by atoms with van der Waals surface area (Å²) in [7, 11) is 0. The molecule has 0 amide bonds. The first-order valence-electron chi connectivity index (χ1n) is 5.52. The smallest absolute Gasteiger partial charge is 0.0638 e. The molecular weight excluding hydrogens is 172 g/mol. The van der Waals surface area contributed by atoms with Gasteiger partial charge in [-0.25, -0.2) is 0 Å². The molecule has 2 heteroatoms. The fourth-order valence-electron chi connectivity index (χ4n) is 1.71. The second kappa shape index (κ2) is 8.77. The Morgan fingerprint density at radius 1 is 1.36 bits per heavy atom. The van der Waals surface area contributed by atoms with E-state index in [9.17, 15) is 0 Å². The van der Waals surface area contributed by atoms with Gasteiger partial charge >= 0.3 is 0 Å². The summed E-state index contributed by atoms with van der Waals surface area (Å²) in [5, 5.41) is 8.74. The summed E-state index contributed by atoms with van der Waals surface area (Å²) < 4.78 is 0. The standard InChI is InChI=1S/C12H22N2/c1-4-7-12(8-9-13)14(10-5-2)11-6-3/h4,12H,1,5-8,10-11H2,2-3H3. The lowest BCUT2D eigenvalue weighted by Gasteiger charge is -2.28. The fourth-order valence-corrected chi connectivity index (χ4v) is 1.71. The van der Waals surface area contributed by atoms with Gasteiger partial charge in [0.1, 0.15) is 0 Å². The minimum Gasteiger partial charge on any atom is -0.299 e. The van der Waals surface area contributed by atoms with Crippen molar-refractivity contribution in [2.45, 2.75) is 45.6 Å². The molecule has 0 aromatic heterocycles. The van der Waals surface area contributed by atoms with E-state index in [1.54, 1.807) is 0 Å². The minimum absolute atomic E-state index is 0.373. The Balaban J connectivity index is 4.21. The van der Waals surface area contributed by atoms with Crippen LogP contribution >= 0.6 is 0 Å². The van der Waals surface area contributed by atoms with E-state index < -0.39 is 0 Å². The summed E-state index contributed by atoms with van der Waals surface area (Å²) in [5.41, 5.74) is 0. The molecule has 0 radical (unpaired) electrons. The highest BCUT2D eigenvalue weighted by Crippen LogP contribution is 2.10. The van der Waals surface area contributed by atoms with Crippen LogP contribution in [0.4, 0.5) is 0 Å². The van der Waals surface area contributed by atoms with Crippen molar-refractivity contribution in [3.05, 3.63) is 12.7 Å². The number of hydrogen-bond acceptors (Lipinski definition) is 2. The topological polar surface area (TPSA) is 27.0 Å². The SMILES string of the molecule is C=CCC(CC#N)N(CCC)CCC. The summed E-state index contributed by atoms with van der Waals surface area (Å²) >= 11 is 0. The zero-order valence-electron chi connectivity index (χ0n) is 9.50. The lowest BCUT2D eigenvalue weighted by Crippen LogP contribution is -2.36. The summed E-state index contributed by atoms with van der Waals surface area (Å²) in [5.74, 6) is 0. The second-order valence-electron chi connectivity index (χ2n) is 3.58. The minimum atomic E-state index is 0.373. The van der Waals surface area contributed by atoms with E-state index in [0.717, 1.165) is 32.4 Å². The molecule has 0 spiro atoms. The maximum atomic E-state index is 8.74. The van der Waals surface area contributed by atoms with E-state index in [0.29, 0.717) is 12.5 Å². The van der Waals surface area contributed by atoms with Gasteiger partial charge < -0.3 is 0 Å². The molecule has 0 aliphatic carbocycles. The van der Waals surface area contributed by atoms with Crippen LogP contribution in [-0.4, -0.2) is 24.0 Å². The highest BCUT2D eigenvalue weighted by molar-refractivity contribution is 4.87. The Kier molecular flexibility index (Phi) is 8.27. The largest absolute Gasteiger partial charge is 0.299 e. The molecule has 1 atom stereocenters. The van der Waals surface area contributed by atoms with Crippen LogP contribution in [0.15, 0.2) is 12.7 Å². The quantitative estimate of drug-likeness (QED) is 0.555. The molecule has 0 aromatic rings. The lowest BCUT2D eigenvalue weighted by molar-refractivity contribution is 0.199. The van der Waals surface area contributed by atoms with E-state index in [1.165, 1.54) is 0 Å². The predicted octanol–water partition coefficient (Wildman–Crippen LogP) is 2.97. The van der Waals surface area contributed by atoms with Gasteiger partial charge in [0.25, 0.3) is 0 Å². The highest BCUT2D eigenvalue weighted by atomic mass is 15.1. The number of hydrogen-bond donors (Lipinski definition) is 0. The van der Waals surface area contributed by atoms with Gasteiger partial charge in [-0.1, -0.05) is 19.9 Å². The molecule has 1 unspecified atom stereocenters. The van der Waals surface area contributed by atoms with Crippen LogP contribution in [0.1, 0.15) is 39.5 Å². The van der Waals surface area contributed by atoms with Crippen LogP contribution in [0.3, 0.4) is 0 Å². The van der Waals surface area contributed by atoms with Crippen LogP contribution in [0.5, 0.6) is 0 Å². The van der Waals surface area contributed by atoms with Gasteiger partial charge in [0.05, 0.1) is 12.5 Å². The molecular formula is C12H22N2. The summed E-state index contributed by atoms with van der Waals surface area (Å²) in [6.07, 6.45) is 5.76. The fraction of sp³-hybridized carbons (Fsp3) is 0.750. The zero-order valence-corrected chi connectivity index (χ0v) is 9.50. The molecule has 0 rings (SSSR count). The van der Waals surface area contributed by atoms with Crippen molar-refractivity contribution in [1.82, 2.24) is 4.90 Å². The first-order valence-corrected chi connectivity index (χ1v) is 5.52. The summed E-state index contributed by atoms with van der Waals surface area (Å²) in [6.45, 7) is 10.3. The maximum Gasteiger partial charge on any atom is 0.0638 e. The van der Waals surface area contributed by atoms with E-state index in [-0.39, 0.29) is 0 Å². The average Bonchev–Trinajstić information content (AvgIpc) is 2.17. The Morgan fingerprint density at radius 2 is 1.93 bits per heavy atom. The zero-order chi connectivity index (χ0) is 10.8. The number of nitriles is 1. The van der Waals surface area contributed by atoms with Gasteiger partial charge in [0.15, 0.2) is 0 Å².